The summed E-state index contributed by atoms with van der Waals surface area (Å²) in [6, 6.07) is 12.1. The van der Waals surface area contributed by atoms with E-state index in [-0.39, 0.29) is 5.92 Å². The number of rotatable bonds is 6. The monoisotopic (exact) mass is 552 g/mol. The van der Waals surface area contributed by atoms with Gasteiger partial charge >= 0.3 is 6.18 Å². The lowest BCUT2D eigenvalue weighted by Gasteiger charge is -2.36. The van der Waals surface area contributed by atoms with Crippen molar-refractivity contribution in [2.24, 2.45) is 0 Å². The van der Waals surface area contributed by atoms with Gasteiger partial charge in [-0.2, -0.15) is 13.2 Å². The lowest BCUT2D eigenvalue weighted by molar-refractivity contribution is -0.146. The lowest BCUT2D eigenvalue weighted by Crippen LogP contribution is -2.49. The SMILES string of the molecule is COc1nc(-c2nc3n(n2)CCC[C@@H]3c2cccc(N3CCN(CC(F)(F)F)CC3)c2)ccc1-n1cnc(C)c1. The number of fused-ring (bicyclic) bond motifs is 1. The number of hydrogen-bond acceptors (Lipinski definition) is 7. The van der Waals surface area contributed by atoms with Crippen LogP contribution in [-0.2, 0) is 6.54 Å². The molecule has 9 nitrogen and oxygen atoms in total. The maximum absolute atomic E-state index is 12.8. The van der Waals surface area contributed by atoms with Crippen LogP contribution in [0.3, 0.4) is 0 Å². The predicted molar refractivity (Wildman–Crippen MR) is 144 cm³/mol. The van der Waals surface area contributed by atoms with Crippen LogP contribution in [0.2, 0.25) is 0 Å². The predicted octanol–water partition coefficient (Wildman–Crippen LogP) is 4.45. The molecule has 6 rings (SSSR count). The van der Waals surface area contributed by atoms with Crippen molar-refractivity contribution in [2.75, 3.05) is 44.7 Å². The fraction of sp³-hybridized carbons (Fsp3) is 0.429. The number of imidazole rings is 1. The summed E-state index contributed by atoms with van der Waals surface area (Å²) in [6.07, 6.45) is 1.38. The van der Waals surface area contributed by atoms with Gasteiger partial charge in [0.15, 0.2) is 5.82 Å². The molecule has 1 aromatic carbocycles. The Kier molecular flexibility index (Phi) is 6.95. The Balaban J connectivity index is 1.23. The number of hydrogen-bond donors (Lipinski definition) is 0. The number of piperazine rings is 1. The average molecular weight is 553 g/mol. The van der Waals surface area contributed by atoms with Crippen LogP contribution in [0.15, 0.2) is 48.9 Å². The van der Waals surface area contributed by atoms with Crippen LogP contribution in [0.1, 0.15) is 35.8 Å². The zero-order valence-corrected chi connectivity index (χ0v) is 22.5. The number of anilines is 1. The van der Waals surface area contributed by atoms with E-state index in [0.717, 1.165) is 47.8 Å². The second-order valence-corrected chi connectivity index (χ2v) is 10.3. The van der Waals surface area contributed by atoms with E-state index in [4.69, 9.17) is 19.8 Å². The Hall–Kier alpha value is -3.93. The fourth-order valence-corrected chi connectivity index (χ4v) is 5.59. The highest BCUT2D eigenvalue weighted by Crippen LogP contribution is 2.35. The van der Waals surface area contributed by atoms with Crippen molar-refractivity contribution in [1.82, 2.24) is 34.2 Å². The van der Waals surface area contributed by atoms with Gasteiger partial charge in [-0.05, 0) is 49.6 Å². The van der Waals surface area contributed by atoms with E-state index < -0.39 is 12.7 Å². The van der Waals surface area contributed by atoms with E-state index in [2.05, 4.69) is 22.0 Å². The number of aromatic nitrogens is 6. The highest BCUT2D eigenvalue weighted by molar-refractivity contribution is 5.56. The van der Waals surface area contributed by atoms with Gasteiger partial charge in [0.1, 0.15) is 17.2 Å². The zero-order chi connectivity index (χ0) is 27.9. The maximum Gasteiger partial charge on any atom is 0.401 e. The quantitative estimate of drug-likeness (QED) is 0.350. The summed E-state index contributed by atoms with van der Waals surface area (Å²) >= 11 is 0. The summed E-state index contributed by atoms with van der Waals surface area (Å²) in [7, 11) is 1.59. The van der Waals surface area contributed by atoms with Crippen molar-refractivity contribution in [3.05, 3.63) is 66.0 Å². The van der Waals surface area contributed by atoms with Crippen molar-refractivity contribution in [3.63, 3.8) is 0 Å². The molecule has 4 aromatic rings. The minimum Gasteiger partial charge on any atom is -0.479 e. The van der Waals surface area contributed by atoms with Gasteiger partial charge in [-0.15, -0.1) is 5.10 Å². The Morgan fingerprint density at radius 1 is 1.02 bits per heavy atom. The first kappa shape index (κ1) is 26.3. The van der Waals surface area contributed by atoms with E-state index in [1.807, 2.05) is 46.6 Å². The van der Waals surface area contributed by atoms with Crippen molar-refractivity contribution in [2.45, 2.75) is 38.4 Å². The number of ether oxygens (including phenoxy) is 1. The Bertz CT molecular complexity index is 1490. The number of alkyl halides is 3. The molecule has 0 bridgehead atoms. The number of methoxy groups -OCH3 is 1. The molecule has 210 valence electrons. The van der Waals surface area contributed by atoms with Crippen molar-refractivity contribution in [1.29, 1.82) is 0 Å². The van der Waals surface area contributed by atoms with Crippen molar-refractivity contribution in [3.8, 4) is 23.1 Å². The standard InChI is InChI=1S/C28H31F3N8O/c1-19-16-38(18-32-19)24-9-8-23(33-27(24)40-2)25-34-26-22(7-4-10-39(26)35-25)20-5-3-6-21(15-20)37-13-11-36(12-14-37)17-28(29,30)31/h3,5-6,8-9,15-16,18,22H,4,7,10-14,17H2,1-2H3/t22-/m1/s1. The van der Waals surface area contributed by atoms with Gasteiger partial charge < -0.3 is 14.2 Å². The van der Waals surface area contributed by atoms with Crippen LogP contribution in [-0.4, -0.2) is 80.2 Å². The number of halogens is 3. The van der Waals surface area contributed by atoms with Gasteiger partial charge in [0.05, 0.1) is 25.7 Å². The zero-order valence-electron chi connectivity index (χ0n) is 22.5. The van der Waals surface area contributed by atoms with Crippen molar-refractivity contribution < 1.29 is 17.9 Å². The van der Waals surface area contributed by atoms with Crippen LogP contribution < -0.4 is 9.64 Å². The highest BCUT2D eigenvalue weighted by atomic mass is 19.4. The van der Waals surface area contributed by atoms with Crippen molar-refractivity contribution >= 4 is 5.69 Å². The summed E-state index contributed by atoms with van der Waals surface area (Å²) in [5.74, 6) is 1.97. The molecule has 0 aliphatic carbocycles. The summed E-state index contributed by atoms with van der Waals surface area (Å²) < 4.78 is 47.8. The van der Waals surface area contributed by atoms with E-state index in [9.17, 15) is 13.2 Å². The van der Waals surface area contributed by atoms with Gasteiger partial charge in [-0.3, -0.25) is 4.90 Å². The first-order valence-electron chi connectivity index (χ1n) is 13.4. The molecular weight excluding hydrogens is 521 g/mol. The van der Waals surface area contributed by atoms with E-state index in [1.165, 1.54) is 4.90 Å². The Labute approximate surface area is 230 Å². The number of nitrogens with zero attached hydrogens (tertiary/aromatic N) is 8. The first-order chi connectivity index (χ1) is 19.3. The highest BCUT2D eigenvalue weighted by Gasteiger charge is 2.32. The molecule has 5 heterocycles. The largest absolute Gasteiger partial charge is 0.479 e. The van der Waals surface area contributed by atoms with Gasteiger partial charge in [0.25, 0.3) is 0 Å². The van der Waals surface area contributed by atoms with Gasteiger partial charge in [-0.1, -0.05) is 12.1 Å². The number of pyridine rings is 1. The molecule has 0 spiro atoms. The third kappa shape index (κ3) is 5.40. The molecule has 2 aliphatic heterocycles. The molecule has 1 atom stereocenters. The van der Waals surface area contributed by atoms with Gasteiger partial charge in [0.2, 0.25) is 5.88 Å². The first-order valence-corrected chi connectivity index (χ1v) is 13.4. The number of benzene rings is 1. The molecule has 12 heteroatoms. The number of aryl methyl sites for hydroxylation is 2. The molecular formula is C28H31F3N8O. The normalized spacial score (nSPS) is 18.1. The van der Waals surface area contributed by atoms with Crippen LogP contribution in [0.25, 0.3) is 17.2 Å². The third-order valence-electron chi connectivity index (χ3n) is 7.54. The molecule has 40 heavy (non-hydrogen) atoms. The Morgan fingerprint density at radius 2 is 1.85 bits per heavy atom. The second-order valence-electron chi connectivity index (χ2n) is 10.3. The van der Waals surface area contributed by atoms with E-state index in [0.29, 0.717) is 43.6 Å². The lowest BCUT2D eigenvalue weighted by atomic mass is 9.91. The minimum atomic E-state index is -4.17. The van der Waals surface area contributed by atoms with Crippen LogP contribution >= 0.6 is 0 Å². The van der Waals surface area contributed by atoms with Gasteiger partial charge in [-0.25, -0.2) is 19.6 Å². The second kappa shape index (κ2) is 10.6. The third-order valence-corrected chi connectivity index (χ3v) is 7.54. The van der Waals surface area contributed by atoms with E-state index >= 15 is 0 Å². The molecule has 0 radical (unpaired) electrons. The summed E-state index contributed by atoms with van der Waals surface area (Å²) in [5, 5.41) is 4.79. The summed E-state index contributed by atoms with van der Waals surface area (Å²) in [6.45, 7) is 3.76. The molecule has 1 saturated heterocycles. The average Bonchev–Trinajstić information content (AvgIpc) is 3.58. The minimum absolute atomic E-state index is 0.0663. The van der Waals surface area contributed by atoms with Crippen LogP contribution in [0.4, 0.5) is 18.9 Å². The molecule has 2 aliphatic rings. The molecule has 1 fully saturated rings. The molecule has 0 N–H and O–H groups in total. The maximum atomic E-state index is 12.8. The molecule has 0 amide bonds. The van der Waals surface area contributed by atoms with Gasteiger partial charge in [0, 0.05) is 50.5 Å². The molecule has 0 unspecified atom stereocenters. The summed E-state index contributed by atoms with van der Waals surface area (Å²) in [5.41, 5.74) is 4.46. The topological polar surface area (TPSA) is 77.1 Å². The summed E-state index contributed by atoms with van der Waals surface area (Å²) in [4.78, 5) is 17.6. The molecule has 3 aromatic heterocycles. The smallest absolute Gasteiger partial charge is 0.401 e. The van der Waals surface area contributed by atoms with Crippen LogP contribution in [0.5, 0.6) is 5.88 Å². The van der Waals surface area contributed by atoms with Crippen LogP contribution in [0, 0.1) is 6.92 Å². The Morgan fingerprint density at radius 3 is 2.58 bits per heavy atom. The fourth-order valence-electron chi connectivity index (χ4n) is 5.59. The molecule has 0 saturated carbocycles. The van der Waals surface area contributed by atoms with E-state index in [1.54, 1.807) is 13.4 Å².